The van der Waals surface area contributed by atoms with Crippen LogP contribution in [0, 0.1) is 0 Å². The topological polar surface area (TPSA) is 69.9 Å². The van der Waals surface area contributed by atoms with Crippen LogP contribution in [0.2, 0.25) is 0 Å². The van der Waals surface area contributed by atoms with E-state index in [1.165, 1.54) is 10.8 Å². The molecular formula is C51H30N4O2. The van der Waals surface area contributed by atoms with E-state index in [2.05, 4.69) is 102 Å². The first-order valence-electron chi connectivity index (χ1n) is 19.0. The maximum atomic E-state index is 6.91. The van der Waals surface area contributed by atoms with Crippen molar-refractivity contribution in [3.05, 3.63) is 182 Å². The second-order valence-corrected chi connectivity index (χ2v) is 14.4. The molecule has 57 heavy (non-hydrogen) atoms. The lowest BCUT2D eigenvalue weighted by molar-refractivity contribution is 0.669. The van der Waals surface area contributed by atoms with Gasteiger partial charge >= 0.3 is 0 Å². The summed E-state index contributed by atoms with van der Waals surface area (Å²) in [6.45, 7) is 0. The molecule has 6 nitrogen and oxygen atoms in total. The average Bonchev–Trinajstić information content (AvgIpc) is 3.96. The largest absolute Gasteiger partial charge is 0.456 e. The minimum atomic E-state index is 0.575. The Morgan fingerprint density at radius 1 is 0.333 bits per heavy atom. The van der Waals surface area contributed by atoms with E-state index in [1.54, 1.807) is 0 Å². The van der Waals surface area contributed by atoms with Crippen LogP contribution in [-0.2, 0) is 0 Å². The maximum Gasteiger partial charge on any atom is 0.164 e. The zero-order chi connectivity index (χ0) is 37.5. The van der Waals surface area contributed by atoms with E-state index < -0.39 is 0 Å². The number of benzene rings is 8. The van der Waals surface area contributed by atoms with E-state index in [4.69, 9.17) is 23.8 Å². The third-order valence-corrected chi connectivity index (χ3v) is 11.0. The smallest absolute Gasteiger partial charge is 0.164 e. The molecule has 0 spiro atoms. The van der Waals surface area contributed by atoms with Crippen molar-refractivity contribution in [2.45, 2.75) is 0 Å². The molecule has 0 N–H and O–H groups in total. The average molecular weight is 731 g/mol. The first-order chi connectivity index (χ1) is 28.2. The lowest BCUT2D eigenvalue weighted by atomic mass is 9.98. The third kappa shape index (κ3) is 4.94. The molecule has 4 heterocycles. The Hall–Kier alpha value is -7.83. The van der Waals surface area contributed by atoms with Gasteiger partial charge in [0.2, 0.25) is 0 Å². The predicted octanol–water partition coefficient (Wildman–Crippen LogP) is 13.4. The quantitative estimate of drug-likeness (QED) is 0.176. The highest BCUT2D eigenvalue weighted by Gasteiger charge is 2.23. The third-order valence-electron chi connectivity index (χ3n) is 11.0. The number of fused-ring (bicyclic) bond motifs is 9. The van der Waals surface area contributed by atoms with Crippen molar-refractivity contribution in [2.24, 2.45) is 0 Å². The van der Waals surface area contributed by atoms with Gasteiger partial charge in [-0.15, -0.1) is 0 Å². The van der Waals surface area contributed by atoms with Crippen LogP contribution in [0.15, 0.2) is 191 Å². The van der Waals surface area contributed by atoms with Crippen molar-refractivity contribution < 1.29 is 8.83 Å². The monoisotopic (exact) mass is 730 g/mol. The summed E-state index contributed by atoms with van der Waals surface area (Å²) in [7, 11) is 0. The van der Waals surface area contributed by atoms with Crippen LogP contribution >= 0.6 is 0 Å². The van der Waals surface area contributed by atoms with E-state index in [0.29, 0.717) is 17.5 Å². The molecule has 0 bridgehead atoms. The lowest BCUT2D eigenvalue weighted by Gasteiger charge is -2.14. The number of hydrogen-bond donors (Lipinski definition) is 0. The number of hydrogen-bond acceptors (Lipinski definition) is 5. The molecule has 0 fully saturated rings. The second-order valence-electron chi connectivity index (χ2n) is 14.4. The van der Waals surface area contributed by atoms with Crippen LogP contribution in [0.5, 0.6) is 0 Å². The van der Waals surface area contributed by atoms with E-state index in [9.17, 15) is 0 Å². The molecule has 0 amide bonds. The first-order valence-corrected chi connectivity index (χ1v) is 19.0. The molecule has 0 saturated carbocycles. The summed E-state index contributed by atoms with van der Waals surface area (Å²) >= 11 is 0. The molecule has 0 atom stereocenters. The second kappa shape index (κ2) is 12.3. The van der Waals surface area contributed by atoms with Crippen LogP contribution in [0.1, 0.15) is 0 Å². The van der Waals surface area contributed by atoms with Crippen LogP contribution in [-0.4, -0.2) is 19.5 Å². The van der Waals surface area contributed by atoms with E-state index in [1.807, 2.05) is 84.9 Å². The summed E-state index contributed by atoms with van der Waals surface area (Å²) in [5.74, 6) is 1.79. The summed E-state index contributed by atoms with van der Waals surface area (Å²) in [6, 6.07) is 62.7. The highest BCUT2D eigenvalue weighted by Crippen LogP contribution is 2.44. The standard InChI is InChI=1S/C51H30N4O2/c1-3-14-31(15-4-1)49-52-50(32-16-5-2-6-17-32)54-51(53-49)38-21-13-25-45-47(38)48-42(55-40-22-10-7-18-35(40)36-19-8-11-23-41(36)55)29-34(30-46(48)57-45)33-26-27-44-39(28-33)37-20-9-12-24-43(37)56-44/h1-30H. The van der Waals surface area contributed by atoms with Gasteiger partial charge < -0.3 is 13.4 Å². The number of furan rings is 2. The Balaban J connectivity index is 1.18. The summed E-state index contributed by atoms with van der Waals surface area (Å²) in [5, 5.41) is 6.46. The molecule has 266 valence electrons. The Morgan fingerprint density at radius 2 is 0.895 bits per heavy atom. The van der Waals surface area contributed by atoms with Gasteiger partial charge in [0.25, 0.3) is 0 Å². The molecule has 0 saturated heterocycles. The van der Waals surface area contributed by atoms with Gasteiger partial charge in [0.05, 0.1) is 22.1 Å². The molecule has 0 unspecified atom stereocenters. The van der Waals surface area contributed by atoms with E-state index >= 15 is 0 Å². The van der Waals surface area contributed by atoms with Crippen LogP contribution in [0.25, 0.3) is 117 Å². The van der Waals surface area contributed by atoms with Crippen LogP contribution in [0.4, 0.5) is 0 Å². The van der Waals surface area contributed by atoms with Gasteiger partial charge in [-0.25, -0.2) is 15.0 Å². The molecule has 4 aromatic heterocycles. The molecule has 6 heteroatoms. The Bertz CT molecular complexity index is 3410. The number of nitrogens with zero attached hydrogens (tertiary/aromatic N) is 4. The molecule has 12 rings (SSSR count). The van der Waals surface area contributed by atoms with Gasteiger partial charge in [0.1, 0.15) is 22.3 Å². The van der Waals surface area contributed by atoms with E-state index in [0.717, 1.165) is 88.4 Å². The van der Waals surface area contributed by atoms with Gasteiger partial charge in [0.15, 0.2) is 17.5 Å². The van der Waals surface area contributed by atoms with Crippen molar-refractivity contribution in [1.82, 2.24) is 19.5 Å². The number of rotatable bonds is 5. The minimum Gasteiger partial charge on any atom is -0.456 e. The normalized spacial score (nSPS) is 11.9. The zero-order valence-electron chi connectivity index (χ0n) is 30.4. The fourth-order valence-electron chi connectivity index (χ4n) is 8.47. The van der Waals surface area contributed by atoms with Crippen LogP contribution in [0.3, 0.4) is 0 Å². The summed E-state index contributed by atoms with van der Waals surface area (Å²) in [6.07, 6.45) is 0. The van der Waals surface area contributed by atoms with Gasteiger partial charge in [0, 0.05) is 43.6 Å². The lowest BCUT2D eigenvalue weighted by Crippen LogP contribution is -2.00. The molecular weight excluding hydrogens is 701 g/mol. The first kappa shape index (κ1) is 31.5. The Labute approximate surface area is 325 Å². The van der Waals surface area contributed by atoms with Crippen molar-refractivity contribution in [1.29, 1.82) is 0 Å². The zero-order valence-corrected chi connectivity index (χ0v) is 30.4. The van der Waals surface area contributed by atoms with Gasteiger partial charge in [-0.2, -0.15) is 0 Å². The maximum absolute atomic E-state index is 6.91. The molecule has 0 radical (unpaired) electrons. The Morgan fingerprint density at radius 3 is 1.60 bits per heavy atom. The molecule has 0 aliphatic carbocycles. The van der Waals surface area contributed by atoms with Crippen molar-refractivity contribution in [3.63, 3.8) is 0 Å². The fourth-order valence-corrected chi connectivity index (χ4v) is 8.47. The SMILES string of the molecule is c1ccc(-c2nc(-c3ccccc3)nc(-c3cccc4oc5cc(-c6ccc7oc8ccccc8c7c6)cc(-n6c7ccccc7c7ccccc76)c5c34)n2)cc1. The fraction of sp³-hybridized carbons (Fsp3) is 0. The van der Waals surface area contributed by atoms with Crippen LogP contribution < -0.4 is 0 Å². The molecule has 0 aliphatic heterocycles. The summed E-state index contributed by atoms with van der Waals surface area (Å²) < 4.78 is 15.5. The van der Waals surface area contributed by atoms with Gasteiger partial charge in [-0.3, -0.25) is 0 Å². The number of para-hydroxylation sites is 3. The summed E-state index contributed by atoms with van der Waals surface area (Å²) in [4.78, 5) is 15.3. The minimum absolute atomic E-state index is 0.575. The predicted molar refractivity (Wildman–Crippen MR) is 230 cm³/mol. The van der Waals surface area contributed by atoms with Crippen molar-refractivity contribution in [3.8, 4) is 51.0 Å². The summed E-state index contributed by atoms with van der Waals surface area (Å²) in [5.41, 5.74) is 11.3. The number of aromatic nitrogens is 4. The van der Waals surface area contributed by atoms with Crippen molar-refractivity contribution in [2.75, 3.05) is 0 Å². The van der Waals surface area contributed by atoms with E-state index in [-0.39, 0.29) is 0 Å². The highest BCUT2D eigenvalue weighted by atomic mass is 16.3. The molecule has 12 aromatic rings. The van der Waals surface area contributed by atoms with Crippen molar-refractivity contribution >= 4 is 65.7 Å². The highest BCUT2D eigenvalue weighted by molar-refractivity contribution is 6.19. The Kier molecular flexibility index (Phi) is 6.83. The van der Waals surface area contributed by atoms with Gasteiger partial charge in [-0.05, 0) is 59.7 Å². The molecule has 8 aromatic carbocycles. The van der Waals surface area contributed by atoms with Gasteiger partial charge in [-0.1, -0.05) is 133 Å². The molecule has 0 aliphatic rings.